The van der Waals surface area contributed by atoms with Crippen molar-refractivity contribution in [2.75, 3.05) is 19.6 Å². The Morgan fingerprint density at radius 1 is 1.06 bits per heavy atom. The summed E-state index contributed by atoms with van der Waals surface area (Å²) in [5.41, 5.74) is 0.685. The predicted molar refractivity (Wildman–Crippen MR) is 105 cm³/mol. The van der Waals surface area contributed by atoms with Gasteiger partial charge in [-0.1, -0.05) is 30.3 Å². The molecule has 0 bridgehead atoms. The van der Waals surface area contributed by atoms with Gasteiger partial charge in [-0.3, -0.25) is 19.7 Å². The first-order valence-electron chi connectivity index (χ1n) is 9.51. The Labute approximate surface area is 181 Å². The summed E-state index contributed by atoms with van der Waals surface area (Å²) >= 11 is 0. The van der Waals surface area contributed by atoms with E-state index in [1.54, 1.807) is 30.3 Å². The molecular weight excluding hydrogens is 428 g/mol. The molecule has 13 nitrogen and oxygen atoms in total. The molecule has 1 heterocycles. The number of alkyl carbamates (subject to hydrolysis) is 1. The summed E-state index contributed by atoms with van der Waals surface area (Å²) in [7, 11) is 0. The van der Waals surface area contributed by atoms with E-state index in [4.69, 9.17) is 14.9 Å². The quantitative estimate of drug-likeness (QED) is 0.166. The van der Waals surface area contributed by atoms with Crippen molar-refractivity contribution >= 4 is 35.9 Å². The molecule has 1 saturated heterocycles. The van der Waals surface area contributed by atoms with Gasteiger partial charge in [0.15, 0.2) is 6.54 Å². The summed E-state index contributed by atoms with van der Waals surface area (Å²) < 4.78 is 3.92. The Balaban J connectivity index is 2.01. The van der Waals surface area contributed by atoms with E-state index in [9.17, 15) is 28.8 Å². The Morgan fingerprint density at radius 3 is 2.31 bits per heavy atom. The number of nitrogens with zero attached hydrogens (tertiary/aromatic N) is 1. The molecule has 1 aromatic rings. The minimum Gasteiger partial charge on any atom is -0.481 e. The molecule has 1 aromatic carbocycles. The number of rotatable bonds is 11. The highest BCUT2D eigenvalue weighted by molar-refractivity contribution is 5.95. The van der Waals surface area contributed by atoms with Gasteiger partial charge in [-0.05, 0) is 5.56 Å². The third-order valence-electron chi connectivity index (χ3n) is 4.60. The summed E-state index contributed by atoms with van der Waals surface area (Å²) in [6.07, 6.45) is -3.65. The highest BCUT2D eigenvalue weighted by Crippen LogP contribution is 2.15. The van der Waals surface area contributed by atoms with Crippen LogP contribution in [-0.4, -0.2) is 76.4 Å². The number of ether oxygens (including phenoxy) is 1. The number of hydrogen-bond acceptors (Lipinski definition) is 7. The maximum atomic E-state index is 12.5. The van der Waals surface area contributed by atoms with E-state index in [-0.39, 0.29) is 13.2 Å². The van der Waals surface area contributed by atoms with Crippen LogP contribution in [0.2, 0.25) is 0 Å². The van der Waals surface area contributed by atoms with Gasteiger partial charge in [0.1, 0.15) is 25.9 Å². The topological polar surface area (TPSA) is 188 Å². The van der Waals surface area contributed by atoms with Crippen molar-refractivity contribution in [3.63, 3.8) is 0 Å². The number of urea groups is 1. The maximum absolute atomic E-state index is 12.5. The molecule has 13 heteroatoms. The predicted octanol–water partition coefficient (Wildman–Crippen LogP) is -0.629. The largest absolute Gasteiger partial charge is 0.481 e. The molecule has 5 N–H and O–H groups in total. The van der Waals surface area contributed by atoms with E-state index in [1.807, 2.05) is 0 Å². The van der Waals surface area contributed by atoms with Crippen molar-refractivity contribution in [2.24, 2.45) is 0 Å². The highest BCUT2D eigenvalue weighted by Gasteiger charge is 2.51. The molecule has 0 aliphatic carbocycles. The minimum atomic E-state index is -1.40. The fourth-order valence-corrected chi connectivity index (χ4v) is 3.02. The van der Waals surface area contributed by atoms with Crippen LogP contribution in [0.3, 0.4) is 0 Å². The van der Waals surface area contributed by atoms with Gasteiger partial charge in [0, 0.05) is 0 Å². The van der Waals surface area contributed by atoms with Crippen molar-refractivity contribution in [1.29, 1.82) is 0 Å². The minimum absolute atomic E-state index is 0.0930. The van der Waals surface area contributed by atoms with E-state index >= 15 is 0 Å². The molecule has 0 radical (unpaired) electrons. The molecule has 172 valence electrons. The molecule has 2 rings (SSSR count). The number of carbonyl (C=O) groups is 6. The van der Waals surface area contributed by atoms with Crippen LogP contribution >= 0.6 is 0 Å². The first kappa shape index (κ1) is 24.3. The normalized spacial score (nSPS) is 18.4. The molecule has 2 atom stereocenters. The van der Waals surface area contributed by atoms with Gasteiger partial charge < -0.3 is 25.6 Å². The third-order valence-corrected chi connectivity index (χ3v) is 4.60. The summed E-state index contributed by atoms with van der Waals surface area (Å²) in [4.78, 5) is 71.0. The second kappa shape index (κ2) is 10.9. The highest BCUT2D eigenvalue weighted by atomic mass is 16.5. The van der Waals surface area contributed by atoms with Gasteiger partial charge in [0.2, 0.25) is 0 Å². The Morgan fingerprint density at radius 2 is 1.75 bits per heavy atom. The third kappa shape index (κ3) is 6.77. The molecule has 1 aliphatic rings. The second-order valence-electron chi connectivity index (χ2n) is 6.97. The zero-order chi connectivity index (χ0) is 23.7. The lowest BCUT2D eigenvalue weighted by molar-refractivity contribution is -0.758. The number of benzene rings is 1. The monoisotopic (exact) mass is 451 g/mol. The van der Waals surface area contributed by atoms with E-state index in [1.165, 1.54) is 0 Å². The molecular formula is C19H23N4O9+. The van der Waals surface area contributed by atoms with Crippen molar-refractivity contribution in [2.45, 2.75) is 25.6 Å². The fourth-order valence-electron chi connectivity index (χ4n) is 3.02. The molecule has 0 aromatic heterocycles. The molecule has 5 amide bonds. The number of hydrogen-bond donors (Lipinski definition) is 5. The average Bonchev–Trinajstić information content (AvgIpc) is 2.99. The van der Waals surface area contributed by atoms with Crippen molar-refractivity contribution in [3.05, 3.63) is 35.9 Å². The second-order valence-corrected chi connectivity index (χ2v) is 6.97. The van der Waals surface area contributed by atoms with E-state index < -0.39 is 72.5 Å². The zero-order valence-electron chi connectivity index (χ0n) is 16.9. The van der Waals surface area contributed by atoms with Crippen LogP contribution in [0.15, 0.2) is 30.3 Å². The van der Waals surface area contributed by atoms with Crippen LogP contribution < -0.4 is 16.0 Å². The number of quaternary nitrogens is 1. The Kier molecular flexibility index (Phi) is 8.24. The van der Waals surface area contributed by atoms with Crippen LogP contribution in [0.1, 0.15) is 18.4 Å². The summed E-state index contributed by atoms with van der Waals surface area (Å²) in [6, 6.07) is 7.84. The van der Waals surface area contributed by atoms with Crippen molar-refractivity contribution in [3.8, 4) is 0 Å². The Hall–Kier alpha value is -4.00. The van der Waals surface area contributed by atoms with Crippen molar-refractivity contribution < 1.29 is 48.2 Å². The number of carbonyl (C=O) groups excluding carboxylic acids is 4. The van der Waals surface area contributed by atoms with Crippen LogP contribution in [0, 0.1) is 0 Å². The first-order chi connectivity index (χ1) is 15.1. The lowest BCUT2D eigenvalue weighted by Gasteiger charge is -2.27. The number of imide groups is 1. The SMILES string of the molecule is O=C(O)CC[N+]1(CC(=O)NC(CC(=O)O)NC(=O)OCc2ccccc2)C(=O)CNC1=O. The number of carboxylic acids is 2. The van der Waals surface area contributed by atoms with Crippen LogP contribution in [-0.2, 0) is 30.5 Å². The molecule has 0 saturated carbocycles. The smallest absolute Gasteiger partial charge is 0.425 e. The van der Waals surface area contributed by atoms with Crippen LogP contribution in [0.4, 0.5) is 9.59 Å². The van der Waals surface area contributed by atoms with Crippen LogP contribution in [0.5, 0.6) is 0 Å². The maximum Gasteiger partial charge on any atom is 0.425 e. The number of nitrogens with one attached hydrogen (secondary N) is 3. The summed E-state index contributed by atoms with van der Waals surface area (Å²) in [5, 5.41) is 24.6. The van der Waals surface area contributed by atoms with Gasteiger partial charge >= 0.3 is 30.0 Å². The number of aliphatic carboxylic acids is 2. The standard InChI is InChI=1S/C19H22N4O9/c24-14(10-23(7-6-16(26)27)15(25)9-20-18(23)30)21-13(8-17(28)29)22-19(31)32-11-12-4-2-1-3-5-12/h1-5,13H,6-11H2,(H4-,20,21,22,24,26,27,28,29,30,31)/p+1. The first-order valence-corrected chi connectivity index (χ1v) is 9.51. The zero-order valence-corrected chi connectivity index (χ0v) is 16.9. The summed E-state index contributed by atoms with van der Waals surface area (Å²) in [6.45, 7) is -1.67. The van der Waals surface area contributed by atoms with E-state index in [0.29, 0.717) is 5.56 Å². The van der Waals surface area contributed by atoms with Crippen LogP contribution in [0.25, 0.3) is 0 Å². The fraction of sp³-hybridized carbons (Fsp3) is 0.368. The van der Waals surface area contributed by atoms with Crippen molar-refractivity contribution in [1.82, 2.24) is 16.0 Å². The molecule has 1 fully saturated rings. The molecule has 1 aliphatic heterocycles. The lowest BCUT2D eigenvalue weighted by Crippen LogP contribution is -2.60. The van der Waals surface area contributed by atoms with Gasteiger partial charge in [0.05, 0.1) is 12.8 Å². The number of carboxylic acid groups (broad SMARTS) is 2. The summed E-state index contributed by atoms with van der Waals surface area (Å²) in [5.74, 6) is -4.24. The molecule has 0 spiro atoms. The van der Waals surface area contributed by atoms with E-state index in [2.05, 4.69) is 16.0 Å². The number of amides is 5. The molecule has 32 heavy (non-hydrogen) atoms. The van der Waals surface area contributed by atoms with Gasteiger partial charge in [0.25, 0.3) is 5.91 Å². The van der Waals surface area contributed by atoms with E-state index in [0.717, 1.165) is 0 Å². The lowest BCUT2D eigenvalue weighted by atomic mass is 10.2. The van der Waals surface area contributed by atoms with Gasteiger partial charge in [-0.25, -0.2) is 14.4 Å². The molecule has 2 unspecified atom stereocenters. The average molecular weight is 451 g/mol. The van der Waals surface area contributed by atoms with Gasteiger partial charge in [-0.15, -0.1) is 0 Å². The Bertz CT molecular complexity index is 887. The van der Waals surface area contributed by atoms with Gasteiger partial charge in [-0.2, -0.15) is 4.48 Å².